The maximum absolute atomic E-state index is 4.29. The predicted molar refractivity (Wildman–Crippen MR) is 88.1 cm³/mol. The Balaban J connectivity index is 2.03. The van der Waals surface area contributed by atoms with Crippen LogP contribution >= 0.6 is 0 Å². The van der Waals surface area contributed by atoms with Gasteiger partial charge in [-0.3, -0.25) is 9.58 Å². The Morgan fingerprint density at radius 3 is 2.76 bits per heavy atom. The third kappa shape index (κ3) is 4.30. The lowest BCUT2D eigenvalue weighted by Gasteiger charge is -2.42. The average Bonchev–Trinajstić information content (AvgIpc) is 2.84. The van der Waals surface area contributed by atoms with Crippen molar-refractivity contribution in [2.75, 3.05) is 13.6 Å². The van der Waals surface area contributed by atoms with Gasteiger partial charge in [0.1, 0.15) is 0 Å². The summed E-state index contributed by atoms with van der Waals surface area (Å²) in [5.74, 6) is 1.66. The molecule has 0 aromatic carbocycles. The van der Waals surface area contributed by atoms with E-state index in [2.05, 4.69) is 49.3 Å². The van der Waals surface area contributed by atoms with E-state index in [-0.39, 0.29) is 0 Å². The second-order valence-electron chi connectivity index (χ2n) is 6.99. The monoisotopic (exact) mass is 292 g/mol. The molecule has 4 nitrogen and oxygen atoms in total. The summed E-state index contributed by atoms with van der Waals surface area (Å²) < 4.78 is 1.89. The van der Waals surface area contributed by atoms with Crippen molar-refractivity contribution in [2.45, 2.75) is 58.7 Å². The number of hydrogen-bond acceptors (Lipinski definition) is 3. The Bertz CT molecular complexity index is 426. The summed E-state index contributed by atoms with van der Waals surface area (Å²) in [6.45, 7) is 9.01. The van der Waals surface area contributed by atoms with E-state index in [1.54, 1.807) is 0 Å². The first-order valence-corrected chi connectivity index (χ1v) is 8.42. The van der Waals surface area contributed by atoms with E-state index in [4.69, 9.17) is 0 Å². The van der Waals surface area contributed by atoms with Gasteiger partial charge in [0.15, 0.2) is 0 Å². The van der Waals surface area contributed by atoms with Crippen LogP contribution in [0.1, 0.15) is 45.6 Å². The standard InChI is InChI=1S/C17H32N4/c1-6-18-16-8-7-15(13(2)3)9-17(16)20(4)11-14-10-19-21(5)12-14/h10,12-13,15-18H,6-9,11H2,1-5H3. The third-order valence-electron chi connectivity index (χ3n) is 5.02. The summed E-state index contributed by atoms with van der Waals surface area (Å²) in [5.41, 5.74) is 1.31. The van der Waals surface area contributed by atoms with Gasteiger partial charge in [-0.05, 0) is 44.7 Å². The molecule has 1 N–H and O–H groups in total. The van der Waals surface area contributed by atoms with Gasteiger partial charge in [0.2, 0.25) is 0 Å². The molecule has 3 unspecified atom stereocenters. The Kier molecular flexibility index (Phi) is 5.82. The number of hydrogen-bond donors (Lipinski definition) is 1. The molecule has 21 heavy (non-hydrogen) atoms. The summed E-state index contributed by atoms with van der Waals surface area (Å²) in [5, 5.41) is 7.99. The third-order valence-corrected chi connectivity index (χ3v) is 5.02. The quantitative estimate of drug-likeness (QED) is 0.875. The molecule has 1 aliphatic rings. The van der Waals surface area contributed by atoms with Gasteiger partial charge >= 0.3 is 0 Å². The van der Waals surface area contributed by atoms with E-state index in [1.807, 2.05) is 17.9 Å². The van der Waals surface area contributed by atoms with Crippen molar-refractivity contribution in [3.8, 4) is 0 Å². The fourth-order valence-corrected chi connectivity index (χ4v) is 3.73. The van der Waals surface area contributed by atoms with E-state index in [9.17, 15) is 0 Å². The van der Waals surface area contributed by atoms with Crippen LogP contribution < -0.4 is 5.32 Å². The summed E-state index contributed by atoms with van der Waals surface area (Å²) in [6.07, 6.45) is 8.10. The number of nitrogens with one attached hydrogen (secondary N) is 1. The van der Waals surface area contributed by atoms with Crippen molar-refractivity contribution in [3.63, 3.8) is 0 Å². The minimum Gasteiger partial charge on any atom is -0.313 e. The molecule has 0 aliphatic heterocycles. The second-order valence-corrected chi connectivity index (χ2v) is 6.99. The molecule has 0 saturated heterocycles. The average molecular weight is 292 g/mol. The molecule has 2 rings (SSSR count). The first-order chi connectivity index (χ1) is 10.0. The molecule has 3 atom stereocenters. The lowest BCUT2D eigenvalue weighted by molar-refractivity contribution is 0.0982. The molecule has 0 spiro atoms. The van der Waals surface area contributed by atoms with E-state index in [0.717, 1.165) is 24.9 Å². The molecule has 1 aliphatic carbocycles. The van der Waals surface area contributed by atoms with Crippen molar-refractivity contribution in [1.82, 2.24) is 20.0 Å². The molecule has 1 aromatic rings. The molecular weight excluding hydrogens is 260 g/mol. The molecule has 0 radical (unpaired) electrons. The molecule has 1 saturated carbocycles. The highest BCUT2D eigenvalue weighted by atomic mass is 15.2. The maximum Gasteiger partial charge on any atom is 0.0534 e. The zero-order valence-corrected chi connectivity index (χ0v) is 14.3. The number of aryl methyl sites for hydroxylation is 1. The van der Waals surface area contributed by atoms with Crippen molar-refractivity contribution in [2.24, 2.45) is 18.9 Å². The van der Waals surface area contributed by atoms with Crippen LogP contribution in [0.2, 0.25) is 0 Å². The normalized spacial score (nSPS) is 26.7. The SMILES string of the molecule is CCNC1CCC(C(C)C)CC1N(C)Cc1cnn(C)c1. The molecule has 0 bridgehead atoms. The first-order valence-electron chi connectivity index (χ1n) is 8.42. The highest BCUT2D eigenvalue weighted by Crippen LogP contribution is 2.32. The molecule has 120 valence electrons. The van der Waals surface area contributed by atoms with Gasteiger partial charge in [-0.25, -0.2) is 0 Å². The Labute approximate surface area is 129 Å². The van der Waals surface area contributed by atoms with Crippen LogP contribution in [0.25, 0.3) is 0 Å². The van der Waals surface area contributed by atoms with Crippen LogP contribution in [0.5, 0.6) is 0 Å². The molecule has 1 fully saturated rings. The number of likely N-dealkylation sites (N-methyl/N-ethyl adjacent to an activating group) is 2. The van der Waals surface area contributed by atoms with Gasteiger partial charge in [0.25, 0.3) is 0 Å². The molecule has 0 amide bonds. The van der Waals surface area contributed by atoms with E-state index in [1.165, 1.54) is 24.8 Å². The van der Waals surface area contributed by atoms with E-state index >= 15 is 0 Å². The minimum atomic E-state index is 0.631. The van der Waals surface area contributed by atoms with Crippen LogP contribution in [0.3, 0.4) is 0 Å². The Hall–Kier alpha value is -0.870. The van der Waals surface area contributed by atoms with Gasteiger partial charge in [-0.15, -0.1) is 0 Å². The maximum atomic E-state index is 4.29. The van der Waals surface area contributed by atoms with Gasteiger partial charge in [-0.2, -0.15) is 5.10 Å². The van der Waals surface area contributed by atoms with Gasteiger partial charge < -0.3 is 5.32 Å². The van der Waals surface area contributed by atoms with Gasteiger partial charge in [-0.1, -0.05) is 20.8 Å². The zero-order valence-electron chi connectivity index (χ0n) is 14.3. The fraction of sp³-hybridized carbons (Fsp3) is 0.824. The zero-order chi connectivity index (χ0) is 15.4. The summed E-state index contributed by atoms with van der Waals surface area (Å²) in [7, 11) is 4.26. The van der Waals surface area contributed by atoms with E-state index < -0.39 is 0 Å². The predicted octanol–water partition coefficient (Wildman–Crippen LogP) is 2.65. The van der Waals surface area contributed by atoms with Crippen molar-refractivity contribution < 1.29 is 0 Å². The number of aromatic nitrogens is 2. The van der Waals surface area contributed by atoms with Crippen molar-refractivity contribution in [1.29, 1.82) is 0 Å². The highest BCUT2D eigenvalue weighted by Gasteiger charge is 2.33. The first kappa shape index (κ1) is 16.5. The van der Waals surface area contributed by atoms with Crippen LogP contribution in [0.15, 0.2) is 12.4 Å². The van der Waals surface area contributed by atoms with Gasteiger partial charge in [0, 0.05) is 37.4 Å². The summed E-state index contributed by atoms with van der Waals surface area (Å²) in [4.78, 5) is 2.53. The smallest absolute Gasteiger partial charge is 0.0534 e. The molecule has 4 heteroatoms. The van der Waals surface area contributed by atoms with Gasteiger partial charge in [0.05, 0.1) is 6.20 Å². The lowest BCUT2D eigenvalue weighted by atomic mass is 9.76. The van der Waals surface area contributed by atoms with Crippen LogP contribution in [0, 0.1) is 11.8 Å². The second kappa shape index (κ2) is 7.41. The lowest BCUT2D eigenvalue weighted by Crippen LogP contribution is -2.52. The van der Waals surface area contributed by atoms with Crippen molar-refractivity contribution in [3.05, 3.63) is 18.0 Å². The van der Waals surface area contributed by atoms with Crippen LogP contribution in [-0.2, 0) is 13.6 Å². The Morgan fingerprint density at radius 2 is 2.19 bits per heavy atom. The number of rotatable bonds is 6. The molecular formula is C17H32N4. The Morgan fingerprint density at radius 1 is 1.43 bits per heavy atom. The van der Waals surface area contributed by atoms with Crippen molar-refractivity contribution >= 4 is 0 Å². The highest BCUT2D eigenvalue weighted by molar-refractivity contribution is 5.04. The summed E-state index contributed by atoms with van der Waals surface area (Å²) in [6, 6.07) is 1.26. The minimum absolute atomic E-state index is 0.631. The summed E-state index contributed by atoms with van der Waals surface area (Å²) >= 11 is 0. The molecule has 1 heterocycles. The molecule has 1 aromatic heterocycles. The topological polar surface area (TPSA) is 33.1 Å². The fourth-order valence-electron chi connectivity index (χ4n) is 3.73. The van der Waals surface area contributed by atoms with E-state index in [0.29, 0.717) is 12.1 Å². The number of nitrogens with zero attached hydrogens (tertiary/aromatic N) is 3. The largest absolute Gasteiger partial charge is 0.313 e. The van der Waals surface area contributed by atoms with Crippen LogP contribution in [0.4, 0.5) is 0 Å². The van der Waals surface area contributed by atoms with Crippen LogP contribution in [-0.4, -0.2) is 40.4 Å².